The molecule has 0 aromatic heterocycles. The van der Waals surface area contributed by atoms with Crippen molar-refractivity contribution in [2.24, 2.45) is 0 Å². The van der Waals surface area contributed by atoms with Crippen LogP contribution in [0, 0.1) is 0 Å². The molecule has 0 N–H and O–H groups in total. The minimum absolute atomic E-state index is 0.282. The second kappa shape index (κ2) is 6.22. The highest BCUT2D eigenvalue weighted by Crippen LogP contribution is 1.96. The van der Waals surface area contributed by atoms with E-state index < -0.39 is 18.0 Å². The number of hydrogen-bond acceptors (Lipinski definition) is 4. The summed E-state index contributed by atoms with van der Waals surface area (Å²) in [4.78, 5) is 21.8. The quantitative estimate of drug-likeness (QED) is 0.486. The Kier molecular flexibility index (Phi) is 5.59. The molecule has 1 atom stereocenters. The zero-order valence-corrected chi connectivity index (χ0v) is 8.07. The molecule has 0 radical (unpaired) electrons. The maximum Gasteiger partial charge on any atom is 0.347 e. The van der Waals surface area contributed by atoms with Gasteiger partial charge in [0, 0.05) is 6.08 Å². The number of allylic oxidation sites excluding steroid dienone is 1. The first-order valence-electron chi connectivity index (χ1n) is 4.11. The van der Waals surface area contributed by atoms with Gasteiger partial charge in [-0.05, 0) is 20.8 Å². The predicted molar refractivity (Wildman–Crippen MR) is 47.0 cm³/mol. The molecule has 74 valence electrons. The highest BCUT2D eigenvalue weighted by atomic mass is 16.6. The van der Waals surface area contributed by atoms with Gasteiger partial charge in [-0.2, -0.15) is 0 Å². The van der Waals surface area contributed by atoms with Crippen molar-refractivity contribution in [2.45, 2.75) is 26.9 Å². The summed E-state index contributed by atoms with van der Waals surface area (Å²) in [6.07, 6.45) is 1.94. The van der Waals surface area contributed by atoms with E-state index in [1.807, 2.05) is 0 Å². The van der Waals surface area contributed by atoms with Gasteiger partial charge >= 0.3 is 11.9 Å². The Bertz CT molecular complexity index is 208. The lowest BCUT2D eigenvalue weighted by Crippen LogP contribution is -2.25. The molecular weight excluding hydrogens is 172 g/mol. The summed E-state index contributed by atoms with van der Waals surface area (Å²) in [6.45, 7) is 5.14. The molecule has 0 saturated carbocycles. The fourth-order valence-electron chi connectivity index (χ4n) is 0.657. The van der Waals surface area contributed by atoms with Crippen LogP contribution in [-0.2, 0) is 19.1 Å². The smallest absolute Gasteiger partial charge is 0.347 e. The van der Waals surface area contributed by atoms with Crippen molar-refractivity contribution >= 4 is 11.9 Å². The van der Waals surface area contributed by atoms with Gasteiger partial charge in [-0.15, -0.1) is 0 Å². The lowest BCUT2D eigenvalue weighted by atomic mass is 10.4. The van der Waals surface area contributed by atoms with Crippen LogP contribution >= 0.6 is 0 Å². The Morgan fingerprint density at radius 3 is 2.54 bits per heavy atom. The Morgan fingerprint density at radius 1 is 1.46 bits per heavy atom. The predicted octanol–water partition coefficient (Wildman–Crippen LogP) is 1.06. The number of ether oxygens (including phenoxy) is 2. The third-order valence-electron chi connectivity index (χ3n) is 1.21. The number of esters is 2. The summed E-state index contributed by atoms with van der Waals surface area (Å²) < 4.78 is 9.35. The first-order chi connectivity index (χ1) is 6.11. The van der Waals surface area contributed by atoms with Gasteiger partial charge in [0.15, 0.2) is 6.10 Å². The van der Waals surface area contributed by atoms with E-state index in [-0.39, 0.29) is 6.61 Å². The maximum absolute atomic E-state index is 11.0. The summed E-state index contributed by atoms with van der Waals surface area (Å²) >= 11 is 0. The SMILES string of the molecule is C/C=C\C(=O)OC(C)C(=O)OCC. The van der Waals surface area contributed by atoms with E-state index in [1.54, 1.807) is 19.9 Å². The molecule has 0 aromatic carbocycles. The molecular formula is C9H14O4. The third-order valence-corrected chi connectivity index (χ3v) is 1.21. The molecule has 1 unspecified atom stereocenters. The molecule has 0 fully saturated rings. The molecule has 0 aliphatic heterocycles. The zero-order valence-electron chi connectivity index (χ0n) is 8.07. The number of rotatable bonds is 4. The summed E-state index contributed by atoms with van der Waals surface area (Å²) in [6, 6.07) is 0. The van der Waals surface area contributed by atoms with Gasteiger partial charge in [0.05, 0.1) is 6.61 Å². The molecule has 0 rings (SSSR count). The van der Waals surface area contributed by atoms with Gasteiger partial charge < -0.3 is 9.47 Å². The number of carbonyl (C=O) groups is 2. The largest absolute Gasteiger partial charge is 0.463 e. The number of hydrogen-bond donors (Lipinski definition) is 0. The first kappa shape index (κ1) is 11.7. The lowest BCUT2D eigenvalue weighted by Gasteiger charge is -2.09. The molecule has 0 heterocycles. The number of carbonyl (C=O) groups excluding carboxylic acids is 2. The molecule has 13 heavy (non-hydrogen) atoms. The van der Waals surface area contributed by atoms with Crippen LogP contribution < -0.4 is 0 Å². The Hall–Kier alpha value is -1.32. The van der Waals surface area contributed by atoms with Crippen molar-refractivity contribution in [2.75, 3.05) is 6.61 Å². The average molecular weight is 186 g/mol. The maximum atomic E-state index is 11.0. The average Bonchev–Trinajstić information content (AvgIpc) is 2.05. The standard InChI is InChI=1S/C9H14O4/c1-4-6-8(10)13-7(3)9(11)12-5-2/h4,6-7H,5H2,1-3H3/b6-4-. The molecule has 4 heteroatoms. The van der Waals surface area contributed by atoms with Crippen LogP contribution in [0.15, 0.2) is 12.2 Å². The van der Waals surface area contributed by atoms with E-state index >= 15 is 0 Å². The highest BCUT2D eigenvalue weighted by Gasteiger charge is 2.16. The minimum atomic E-state index is -0.844. The minimum Gasteiger partial charge on any atom is -0.463 e. The lowest BCUT2D eigenvalue weighted by molar-refractivity contribution is -0.163. The second-order valence-corrected chi connectivity index (χ2v) is 2.33. The van der Waals surface area contributed by atoms with Crippen molar-refractivity contribution in [3.63, 3.8) is 0 Å². The van der Waals surface area contributed by atoms with Gasteiger partial charge in [0.25, 0.3) is 0 Å². The fraction of sp³-hybridized carbons (Fsp3) is 0.556. The topological polar surface area (TPSA) is 52.6 Å². The van der Waals surface area contributed by atoms with E-state index in [4.69, 9.17) is 4.74 Å². The van der Waals surface area contributed by atoms with E-state index in [0.717, 1.165) is 0 Å². The van der Waals surface area contributed by atoms with Crippen LogP contribution in [0.25, 0.3) is 0 Å². The Labute approximate surface area is 77.5 Å². The Morgan fingerprint density at radius 2 is 2.08 bits per heavy atom. The second-order valence-electron chi connectivity index (χ2n) is 2.33. The van der Waals surface area contributed by atoms with Crippen molar-refractivity contribution in [3.8, 4) is 0 Å². The molecule has 0 aromatic rings. The highest BCUT2D eigenvalue weighted by molar-refractivity contribution is 5.85. The summed E-state index contributed by atoms with van der Waals surface area (Å²) in [5, 5.41) is 0. The monoisotopic (exact) mass is 186 g/mol. The van der Waals surface area contributed by atoms with Gasteiger partial charge in [0.1, 0.15) is 0 Å². The third kappa shape index (κ3) is 5.00. The van der Waals surface area contributed by atoms with Crippen molar-refractivity contribution in [3.05, 3.63) is 12.2 Å². The van der Waals surface area contributed by atoms with Crippen LogP contribution in [0.5, 0.6) is 0 Å². The van der Waals surface area contributed by atoms with E-state index in [0.29, 0.717) is 0 Å². The van der Waals surface area contributed by atoms with Crippen LogP contribution in [0.4, 0.5) is 0 Å². The van der Waals surface area contributed by atoms with Crippen LogP contribution in [0.1, 0.15) is 20.8 Å². The normalized spacial score (nSPS) is 12.5. The summed E-state index contributed by atoms with van der Waals surface area (Å²) in [7, 11) is 0. The fourth-order valence-corrected chi connectivity index (χ4v) is 0.657. The van der Waals surface area contributed by atoms with E-state index in [2.05, 4.69) is 4.74 Å². The molecule has 4 nitrogen and oxygen atoms in total. The molecule has 0 aliphatic rings. The zero-order chi connectivity index (χ0) is 10.3. The molecule has 0 aliphatic carbocycles. The van der Waals surface area contributed by atoms with Crippen LogP contribution in [0.3, 0.4) is 0 Å². The van der Waals surface area contributed by atoms with Crippen molar-refractivity contribution < 1.29 is 19.1 Å². The molecule has 0 bridgehead atoms. The molecule has 0 saturated heterocycles. The van der Waals surface area contributed by atoms with Gasteiger partial charge in [-0.1, -0.05) is 6.08 Å². The summed E-state index contributed by atoms with van der Waals surface area (Å²) in [5.74, 6) is -1.07. The van der Waals surface area contributed by atoms with Crippen LogP contribution in [-0.4, -0.2) is 24.6 Å². The molecule has 0 amide bonds. The van der Waals surface area contributed by atoms with E-state index in [9.17, 15) is 9.59 Å². The van der Waals surface area contributed by atoms with Crippen molar-refractivity contribution in [1.82, 2.24) is 0 Å². The summed E-state index contributed by atoms with van der Waals surface area (Å²) in [5.41, 5.74) is 0. The van der Waals surface area contributed by atoms with Gasteiger partial charge in [-0.3, -0.25) is 0 Å². The molecule has 0 spiro atoms. The van der Waals surface area contributed by atoms with Gasteiger partial charge in [0.2, 0.25) is 0 Å². The van der Waals surface area contributed by atoms with Crippen LogP contribution in [0.2, 0.25) is 0 Å². The Balaban J connectivity index is 3.92. The first-order valence-corrected chi connectivity index (χ1v) is 4.11. The van der Waals surface area contributed by atoms with Crippen molar-refractivity contribution in [1.29, 1.82) is 0 Å². The van der Waals surface area contributed by atoms with Gasteiger partial charge in [-0.25, -0.2) is 9.59 Å². The van der Waals surface area contributed by atoms with E-state index in [1.165, 1.54) is 13.0 Å².